The molecule has 1 N–H and O–H groups in total. The Morgan fingerprint density at radius 3 is 2.67 bits per heavy atom. The molecule has 0 aliphatic carbocycles. The van der Waals surface area contributed by atoms with Crippen LogP contribution in [0.2, 0.25) is 10.0 Å². The Kier molecular flexibility index (Phi) is 4.59. The number of hydrogen-bond acceptors (Lipinski definition) is 2. The van der Waals surface area contributed by atoms with Crippen molar-refractivity contribution in [1.82, 2.24) is 10.3 Å². The number of aromatic nitrogens is 1. The maximum atomic E-state index is 6.12. The van der Waals surface area contributed by atoms with Crippen LogP contribution < -0.4 is 5.32 Å². The van der Waals surface area contributed by atoms with E-state index in [9.17, 15) is 0 Å². The first-order valence-corrected chi connectivity index (χ1v) is 6.47. The Morgan fingerprint density at radius 2 is 1.89 bits per heavy atom. The average Bonchev–Trinajstić information content (AvgIpc) is 2.37. The predicted octanol–water partition coefficient (Wildman–Crippen LogP) is 3.99. The molecule has 0 fully saturated rings. The van der Waals surface area contributed by atoms with Crippen LogP contribution in [0.4, 0.5) is 0 Å². The first-order valence-electron chi connectivity index (χ1n) is 5.71. The average molecular weight is 281 g/mol. The van der Waals surface area contributed by atoms with Crippen molar-refractivity contribution in [2.24, 2.45) is 0 Å². The van der Waals surface area contributed by atoms with Gasteiger partial charge in [-0.05, 0) is 35.7 Å². The van der Waals surface area contributed by atoms with Gasteiger partial charge in [-0.1, -0.05) is 35.3 Å². The number of benzene rings is 1. The van der Waals surface area contributed by atoms with Gasteiger partial charge in [0.15, 0.2) is 0 Å². The molecular formula is C14H14Cl2N2. The van der Waals surface area contributed by atoms with Crippen molar-refractivity contribution in [3.63, 3.8) is 0 Å². The molecule has 0 aliphatic rings. The summed E-state index contributed by atoms with van der Waals surface area (Å²) in [5, 5.41) is 4.57. The molecule has 0 amide bonds. The van der Waals surface area contributed by atoms with E-state index in [1.165, 1.54) is 11.1 Å². The minimum Gasteiger partial charge on any atom is -0.309 e. The number of halogens is 2. The highest BCUT2D eigenvalue weighted by atomic mass is 35.5. The van der Waals surface area contributed by atoms with E-state index in [1.807, 2.05) is 24.4 Å². The van der Waals surface area contributed by atoms with Crippen LogP contribution >= 0.6 is 23.2 Å². The van der Waals surface area contributed by atoms with E-state index in [0.717, 1.165) is 12.1 Å². The first-order chi connectivity index (χ1) is 8.68. The van der Waals surface area contributed by atoms with Crippen LogP contribution in [0, 0.1) is 6.92 Å². The summed E-state index contributed by atoms with van der Waals surface area (Å²) in [6.45, 7) is 3.54. The second-order valence-electron chi connectivity index (χ2n) is 4.12. The minimum absolute atomic E-state index is 0.594. The highest BCUT2D eigenvalue weighted by Gasteiger charge is 2.04. The zero-order valence-electron chi connectivity index (χ0n) is 10.1. The van der Waals surface area contributed by atoms with Gasteiger partial charge in [-0.2, -0.15) is 0 Å². The molecule has 2 aromatic rings. The molecule has 0 aliphatic heterocycles. The molecule has 0 spiro atoms. The molecule has 94 valence electrons. The van der Waals surface area contributed by atoms with E-state index < -0.39 is 0 Å². The topological polar surface area (TPSA) is 24.9 Å². The van der Waals surface area contributed by atoms with Crippen LogP contribution in [0.25, 0.3) is 0 Å². The summed E-state index contributed by atoms with van der Waals surface area (Å²) >= 11 is 12.1. The van der Waals surface area contributed by atoms with Gasteiger partial charge in [-0.15, -0.1) is 0 Å². The molecule has 1 aromatic carbocycles. The second-order valence-corrected chi connectivity index (χ2v) is 4.90. The largest absolute Gasteiger partial charge is 0.309 e. The molecule has 1 heterocycles. The van der Waals surface area contributed by atoms with Crippen molar-refractivity contribution < 1.29 is 0 Å². The molecule has 18 heavy (non-hydrogen) atoms. The van der Waals surface area contributed by atoms with Gasteiger partial charge in [0.2, 0.25) is 0 Å². The van der Waals surface area contributed by atoms with Gasteiger partial charge < -0.3 is 5.32 Å². The van der Waals surface area contributed by atoms with Crippen molar-refractivity contribution in [1.29, 1.82) is 0 Å². The lowest BCUT2D eigenvalue weighted by molar-refractivity contribution is 0.690. The summed E-state index contributed by atoms with van der Waals surface area (Å²) in [4.78, 5) is 4.07. The Labute approximate surface area is 117 Å². The quantitative estimate of drug-likeness (QED) is 0.916. The van der Waals surface area contributed by atoms with Crippen LogP contribution in [-0.4, -0.2) is 4.98 Å². The van der Waals surface area contributed by atoms with Gasteiger partial charge in [0, 0.05) is 25.5 Å². The van der Waals surface area contributed by atoms with Crippen molar-refractivity contribution in [2.75, 3.05) is 0 Å². The lowest BCUT2D eigenvalue weighted by Crippen LogP contribution is -2.13. The molecule has 4 heteroatoms. The molecule has 0 unspecified atom stereocenters. The maximum Gasteiger partial charge on any atom is 0.0637 e. The summed E-state index contributed by atoms with van der Waals surface area (Å²) in [6.07, 6.45) is 3.67. The molecule has 0 radical (unpaired) electrons. The molecule has 2 nitrogen and oxygen atoms in total. The van der Waals surface area contributed by atoms with E-state index in [2.05, 4.69) is 17.2 Å². The molecule has 0 bridgehead atoms. The van der Waals surface area contributed by atoms with Crippen molar-refractivity contribution in [2.45, 2.75) is 20.0 Å². The van der Waals surface area contributed by atoms with E-state index in [-0.39, 0.29) is 0 Å². The Balaban J connectivity index is 1.97. The molecule has 1 aromatic heterocycles. The minimum atomic E-state index is 0.594. The monoisotopic (exact) mass is 280 g/mol. The smallest absolute Gasteiger partial charge is 0.0637 e. The third kappa shape index (κ3) is 3.22. The Morgan fingerprint density at radius 1 is 1.11 bits per heavy atom. The van der Waals surface area contributed by atoms with Crippen molar-refractivity contribution in [3.05, 3.63) is 63.4 Å². The number of nitrogens with zero attached hydrogens (tertiary/aromatic N) is 1. The van der Waals surface area contributed by atoms with Crippen LogP contribution in [0.1, 0.15) is 16.7 Å². The van der Waals surface area contributed by atoms with Crippen LogP contribution in [0.15, 0.2) is 36.7 Å². The van der Waals surface area contributed by atoms with Gasteiger partial charge in [-0.25, -0.2) is 0 Å². The fourth-order valence-electron chi connectivity index (χ4n) is 1.72. The van der Waals surface area contributed by atoms with Crippen LogP contribution in [0.5, 0.6) is 0 Å². The summed E-state index contributed by atoms with van der Waals surface area (Å²) < 4.78 is 0. The van der Waals surface area contributed by atoms with E-state index in [1.54, 1.807) is 12.3 Å². The fourth-order valence-corrected chi connectivity index (χ4v) is 2.10. The van der Waals surface area contributed by atoms with E-state index in [4.69, 9.17) is 23.2 Å². The highest BCUT2D eigenvalue weighted by Crippen LogP contribution is 2.25. The molecule has 0 atom stereocenters. The zero-order valence-corrected chi connectivity index (χ0v) is 11.6. The van der Waals surface area contributed by atoms with Crippen LogP contribution in [-0.2, 0) is 13.1 Å². The molecule has 0 saturated heterocycles. The predicted molar refractivity (Wildman–Crippen MR) is 76.0 cm³/mol. The SMILES string of the molecule is Cc1cnccc1CNCc1cccc(Cl)c1Cl. The number of pyridine rings is 1. The van der Waals surface area contributed by atoms with Gasteiger partial charge in [0.05, 0.1) is 10.0 Å². The van der Waals surface area contributed by atoms with Gasteiger partial charge in [-0.3, -0.25) is 4.98 Å². The fraction of sp³-hybridized carbons (Fsp3) is 0.214. The number of nitrogens with one attached hydrogen (secondary N) is 1. The third-order valence-electron chi connectivity index (χ3n) is 2.80. The van der Waals surface area contributed by atoms with E-state index >= 15 is 0 Å². The Hall–Kier alpha value is -1.09. The van der Waals surface area contributed by atoms with Gasteiger partial charge >= 0.3 is 0 Å². The number of rotatable bonds is 4. The zero-order chi connectivity index (χ0) is 13.0. The lowest BCUT2D eigenvalue weighted by Gasteiger charge is -2.09. The normalized spacial score (nSPS) is 10.6. The maximum absolute atomic E-state index is 6.12. The van der Waals surface area contributed by atoms with Gasteiger partial charge in [0.25, 0.3) is 0 Å². The molecule has 0 saturated carbocycles. The molecular weight excluding hydrogens is 267 g/mol. The third-order valence-corrected chi connectivity index (χ3v) is 3.66. The standard InChI is InChI=1S/C14H14Cl2N2/c1-10-7-17-6-5-11(10)8-18-9-12-3-2-4-13(15)14(12)16/h2-7,18H,8-9H2,1H3. The van der Waals surface area contributed by atoms with Crippen molar-refractivity contribution >= 4 is 23.2 Å². The van der Waals surface area contributed by atoms with Crippen LogP contribution in [0.3, 0.4) is 0 Å². The van der Waals surface area contributed by atoms with Gasteiger partial charge in [0.1, 0.15) is 0 Å². The van der Waals surface area contributed by atoms with E-state index in [0.29, 0.717) is 16.6 Å². The Bertz CT molecular complexity index is 541. The summed E-state index contributed by atoms with van der Waals surface area (Å²) in [7, 11) is 0. The number of hydrogen-bond donors (Lipinski definition) is 1. The summed E-state index contributed by atoms with van der Waals surface area (Å²) in [6, 6.07) is 7.69. The second kappa shape index (κ2) is 6.19. The molecule has 2 rings (SSSR count). The van der Waals surface area contributed by atoms with Crippen molar-refractivity contribution in [3.8, 4) is 0 Å². The summed E-state index contributed by atoms with van der Waals surface area (Å²) in [5.74, 6) is 0. The number of aryl methyl sites for hydroxylation is 1. The highest BCUT2D eigenvalue weighted by molar-refractivity contribution is 6.42. The lowest BCUT2D eigenvalue weighted by atomic mass is 10.1. The first kappa shape index (κ1) is 13.3. The summed E-state index contributed by atoms with van der Waals surface area (Å²) in [5.41, 5.74) is 3.43.